The monoisotopic (exact) mass is 435 g/mol. The maximum atomic E-state index is 12.6. The second kappa shape index (κ2) is 8.33. The lowest BCUT2D eigenvalue weighted by Gasteiger charge is -2.21. The molecule has 0 unspecified atom stereocenters. The summed E-state index contributed by atoms with van der Waals surface area (Å²) in [6.07, 6.45) is 5.32. The van der Waals surface area contributed by atoms with E-state index in [1.807, 2.05) is 25.1 Å². The molecule has 5 nitrogen and oxygen atoms in total. The van der Waals surface area contributed by atoms with Crippen LogP contribution in [0, 0.1) is 6.92 Å². The molecule has 26 heavy (non-hydrogen) atoms. The number of hydrogen-bond donors (Lipinski definition) is 2. The largest absolute Gasteiger partial charge is 0.306 e. The third kappa shape index (κ3) is 4.72. The molecular formula is C19H22BrN3O2S. The SMILES string of the molecule is Cc1ccc(S(=O)(=O)NNC(=C2CCCCC2)c2cccc(Br)n2)cc1. The van der Waals surface area contributed by atoms with Gasteiger partial charge in [-0.05, 0) is 78.4 Å². The Labute approximate surface area is 163 Å². The van der Waals surface area contributed by atoms with Gasteiger partial charge < -0.3 is 5.43 Å². The number of aryl methyl sites for hydroxylation is 1. The van der Waals surface area contributed by atoms with Gasteiger partial charge in [0.2, 0.25) is 0 Å². The predicted octanol–water partition coefficient (Wildman–Crippen LogP) is 4.31. The summed E-state index contributed by atoms with van der Waals surface area (Å²) in [4.78, 5) is 7.24. The van der Waals surface area contributed by atoms with Crippen LogP contribution in [0.3, 0.4) is 0 Å². The number of sulfonamides is 1. The molecule has 0 bridgehead atoms. The van der Waals surface area contributed by atoms with Gasteiger partial charge in [-0.2, -0.15) is 0 Å². The fraction of sp³-hybridized carbons (Fsp3) is 0.316. The van der Waals surface area contributed by atoms with E-state index in [0.717, 1.165) is 42.6 Å². The van der Waals surface area contributed by atoms with Crippen LogP contribution < -0.4 is 10.3 Å². The molecule has 1 aliphatic carbocycles. The molecule has 0 atom stereocenters. The number of hydrazine groups is 1. The zero-order chi connectivity index (χ0) is 18.6. The van der Waals surface area contributed by atoms with Crippen LogP contribution in [0.5, 0.6) is 0 Å². The van der Waals surface area contributed by atoms with Crippen LogP contribution in [0.15, 0.2) is 57.5 Å². The van der Waals surface area contributed by atoms with E-state index in [0.29, 0.717) is 4.60 Å². The van der Waals surface area contributed by atoms with Gasteiger partial charge in [0.25, 0.3) is 10.0 Å². The van der Waals surface area contributed by atoms with E-state index < -0.39 is 10.0 Å². The van der Waals surface area contributed by atoms with Crippen LogP contribution >= 0.6 is 15.9 Å². The summed E-state index contributed by atoms with van der Waals surface area (Å²) in [7, 11) is -3.66. The lowest BCUT2D eigenvalue weighted by atomic mass is 9.92. The number of benzene rings is 1. The summed E-state index contributed by atoms with van der Waals surface area (Å²) in [5, 5.41) is 0. The van der Waals surface area contributed by atoms with Gasteiger partial charge in [0, 0.05) is 0 Å². The van der Waals surface area contributed by atoms with Crippen LogP contribution in [0.1, 0.15) is 43.4 Å². The highest BCUT2D eigenvalue weighted by atomic mass is 79.9. The highest BCUT2D eigenvalue weighted by Crippen LogP contribution is 2.29. The highest BCUT2D eigenvalue weighted by Gasteiger charge is 2.18. The Bertz CT molecular complexity index is 901. The number of pyridine rings is 1. The maximum absolute atomic E-state index is 12.6. The molecular weight excluding hydrogens is 414 g/mol. The Morgan fingerprint density at radius 1 is 1.04 bits per heavy atom. The first-order valence-corrected chi connectivity index (χ1v) is 10.9. The van der Waals surface area contributed by atoms with E-state index in [9.17, 15) is 8.42 Å². The average Bonchev–Trinajstić information content (AvgIpc) is 2.63. The minimum atomic E-state index is -3.66. The third-order valence-corrected chi connectivity index (χ3v) is 6.13. The van der Waals surface area contributed by atoms with Crippen molar-refractivity contribution in [2.24, 2.45) is 0 Å². The van der Waals surface area contributed by atoms with E-state index in [1.54, 1.807) is 24.3 Å². The fourth-order valence-electron chi connectivity index (χ4n) is 3.00. The molecule has 3 rings (SSSR count). The number of halogens is 1. The van der Waals surface area contributed by atoms with Gasteiger partial charge in [0.05, 0.1) is 16.3 Å². The fourth-order valence-corrected chi connectivity index (χ4v) is 4.20. The number of nitrogens with zero attached hydrogens (tertiary/aromatic N) is 1. The molecule has 0 radical (unpaired) electrons. The quantitative estimate of drug-likeness (QED) is 0.541. The van der Waals surface area contributed by atoms with Crippen molar-refractivity contribution in [3.63, 3.8) is 0 Å². The minimum absolute atomic E-state index is 0.228. The minimum Gasteiger partial charge on any atom is -0.306 e. The van der Waals surface area contributed by atoms with E-state index in [1.165, 1.54) is 12.0 Å². The molecule has 1 heterocycles. The van der Waals surface area contributed by atoms with Crippen molar-refractivity contribution < 1.29 is 8.42 Å². The molecule has 0 amide bonds. The van der Waals surface area contributed by atoms with Crippen molar-refractivity contribution in [3.05, 3.63) is 63.9 Å². The first-order valence-electron chi connectivity index (χ1n) is 8.65. The molecule has 0 saturated heterocycles. The molecule has 7 heteroatoms. The summed E-state index contributed by atoms with van der Waals surface area (Å²) in [5.41, 5.74) is 6.64. The molecule has 2 aromatic rings. The number of nitrogens with one attached hydrogen (secondary N) is 2. The van der Waals surface area contributed by atoms with Crippen LogP contribution in [0.25, 0.3) is 5.70 Å². The Kier molecular flexibility index (Phi) is 6.11. The van der Waals surface area contributed by atoms with Crippen molar-refractivity contribution in [2.75, 3.05) is 0 Å². The van der Waals surface area contributed by atoms with Gasteiger partial charge in [-0.15, -0.1) is 4.83 Å². The summed E-state index contributed by atoms with van der Waals surface area (Å²) in [6.45, 7) is 1.92. The van der Waals surface area contributed by atoms with E-state index in [-0.39, 0.29) is 4.90 Å². The smallest absolute Gasteiger partial charge is 0.257 e. The Morgan fingerprint density at radius 2 is 1.73 bits per heavy atom. The van der Waals surface area contributed by atoms with E-state index >= 15 is 0 Å². The second-order valence-electron chi connectivity index (χ2n) is 6.43. The lowest BCUT2D eigenvalue weighted by molar-refractivity contribution is 0.571. The summed E-state index contributed by atoms with van der Waals surface area (Å²) in [6, 6.07) is 12.4. The highest BCUT2D eigenvalue weighted by molar-refractivity contribution is 9.10. The maximum Gasteiger partial charge on any atom is 0.257 e. The number of allylic oxidation sites excluding steroid dienone is 1. The van der Waals surface area contributed by atoms with Crippen LogP contribution in [0.4, 0.5) is 0 Å². The lowest BCUT2D eigenvalue weighted by Crippen LogP contribution is -2.37. The summed E-state index contributed by atoms with van der Waals surface area (Å²) in [5.74, 6) is 0. The van der Waals surface area contributed by atoms with Gasteiger partial charge >= 0.3 is 0 Å². The Balaban J connectivity index is 1.88. The molecule has 138 valence electrons. The summed E-state index contributed by atoms with van der Waals surface area (Å²) >= 11 is 3.39. The van der Waals surface area contributed by atoms with Crippen molar-refractivity contribution in [3.8, 4) is 0 Å². The molecule has 1 saturated carbocycles. The normalized spacial score (nSPS) is 14.9. The molecule has 1 aliphatic rings. The average molecular weight is 436 g/mol. The van der Waals surface area contributed by atoms with Crippen LogP contribution in [0.2, 0.25) is 0 Å². The molecule has 1 fully saturated rings. The first kappa shape index (κ1) is 19.1. The van der Waals surface area contributed by atoms with E-state index in [4.69, 9.17) is 0 Å². The van der Waals surface area contributed by atoms with Gasteiger partial charge in [-0.25, -0.2) is 13.4 Å². The van der Waals surface area contributed by atoms with Crippen LogP contribution in [-0.2, 0) is 10.0 Å². The molecule has 0 spiro atoms. The van der Waals surface area contributed by atoms with Gasteiger partial charge in [0.15, 0.2) is 0 Å². The van der Waals surface area contributed by atoms with Gasteiger partial charge in [0.1, 0.15) is 4.60 Å². The molecule has 0 aliphatic heterocycles. The molecule has 2 N–H and O–H groups in total. The van der Waals surface area contributed by atoms with Gasteiger partial charge in [-0.1, -0.05) is 30.2 Å². The summed E-state index contributed by atoms with van der Waals surface area (Å²) < 4.78 is 25.9. The zero-order valence-corrected chi connectivity index (χ0v) is 17.0. The van der Waals surface area contributed by atoms with Crippen molar-refractivity contribution in [1.29, 1.82) is 0 Å². The topological polar surface area (TPSA) is 71.1 Å². The molecule has 1 aromatic carbocycles. The predicted molar refractivity (Wildman–Crippen MR) is 107 cm³/mol. The van der Waals surface area contributed by atoms with Crippen LogP contribution in [-0.4, -0.2) is 13.4 Å². The van der Waals surface area contributed by atoms with Crippen molar-refractivity contribution in [1.82, 2.24) is 15.2 Å². The number of hydrogen-bond acceptors (Lipinski definition) is 4. The van der Waals surface area contributed by atoms with Crippen molar-refractivity contribution >= 4 is 31.7 Å². The van der Waals surface area contributed by atoms with Crippen molar-refractivity contribution in [2.45, 2.75) is 43.9 Å². The van der Waals surface area contributed by atoms with Gasteiger partial charge in [-0.3, -0.25) is 0 Å². The number of rotatable bonds is 5. The Morgan fingerprint density at radius 3 is 2.38 bits per heavy atom. The second-order valence-corrected chi connectivity index (χ2v) is 8.92. The zero-order valence-electron chi connectivity index (χ0n) is 14.6. The first-order chi connectivity index (χ1) is 12.5. The standard InChI is InChI=1S/C19H22BrN3O2S/c1-14-10-12-16(13-11-14)26(24,25)23-22-19(15-6-3-2-4-7-15)17-8-5-9-18(20)21-17/h5,8-13,22-23H,2-4,6-7H2,1H3. The van der Waals surface area contributed by atoms with E-state index in [2.05, 4.69) is 31.2 Å². The molecule has 1 aromatic heterocycles. The number of aromatic nitrogens is 1. The third-order valence-electron chi connectivity index (χ3n) is 4.42. The Hall–Kier alpha value is -1.70.